The van der Waals surface area contributed by atoms with Crippen molar-refractivity contribution in [2.75, 3.05) is 5.73 Å². The Balaban J connectivity index is 0.000000845. The van der Waals surface area contributed by atoms with Gasteiger partial charge in [-0.2, -0.15) is 5.10 Å². The van der Waals surface area contributed by atoms with E-state index in [0.29, 0.717) is 0 Å². The molecule has 0 amide bonds. The van der Waals surface area contributed by atoms with E-state index in [0.717, 1.165) is 16.8 Å². The molecule has 3 N–H and O–H groups in total. The number of H-pyrrole nitrogens is 1. The molecule has 0 saturated heterocycles. The average Bonchev–Trinajstić information content (AvgIpc) is 2.56. The van der Waals surface area contributed by atoms with Gasteiger partial charge in [0.1, 0.15) is 0 Å². The molecule has 68 valence electrons. The van der Waals surface area contributed by atoms with Gasteiger partial charge in [0.05, 0.1) is 6.20 Å². The van der Waals surface area contributed by atoms with E-state index in [1.54, 1.807) is 6.20 Å². The topological polar surface area (TPSA) is 54.7 Å². The summed E-state index contributed by atoms with van der Waals surface area (Å²) in [6.45, 7) is 0. The van der Waals surface area contributed by atoms with Crippen LogP contribution < -0.4 is 5.73 Å². The number of aromatic nitrogens is 2. The Morgan fingerprint density at radius 2 is 2.08 bits per heavy atom. The molecule has 0 spiro atoms. The van der Waals surface area contributed by atoms with E-state index in [1.165, 1.54) is 0 Å². The van der Waals surface area contributed by atoms with Crippen LogP contribution in [-0.2, 0) is 17.1 Å². The zero-order valence-electron chi connectivity index (χ0n) is 6.84. The van der Waals surface area contributed by atoms with E-state index in [1.807, 2.05) is 30.5 Å². The second kappa shape index (κ2) is 4.12. The number of aromatic amines is 1. The molecule has 4 heteroatoms. The van der Waals surface area contributed by atoms with Crippen LogP contribution in [0.5, 0.6) is 0 Å². The van der Waals surface area contributed by atoms with Gasteiger partial charge in [-0.1, -0.05) is 12.1 Å². The van der Waals surface area contributed by atoms with Gasteiger partial charge in [-0.05, 0) is 17.7 Å². The molecule has 1 heterocycles. The van der Waals surface area contributed by atoms with Crippen molar-refractivity contribution < 1.29 is 17.1 Å². The summed E-state index contributed by atoms with van der Waals surface area (Å²) in [6.07, 6.45) is 3.61. The van der Waals surface area contributed by atoms with Crippen LogP contribution in [0.4, 0.5) is 5.69 Å². The van der Waals surface area contributed by atoms with E-state index in [4.69, 9.17) is 5.73 Å². The van der Waals surface area contributed by atoms with Crippen LogP contribution in [-0.4, -0.2) is 10.2 Å². The molecule has 0 saturated carbocycles. The third-order valence-electron chi connectivity index (χ3n) is 1.72. The molecule has 1 aromatic carbocycles. The molecule has 0 aliphatic carbocycles. The smallest absolute Gasteiger partial charge is 0.0565 e. The van der Waals surface area contributed by atoms with E-state index in [-0.39, 0.29) is 17.1 Å². The van der Waals surface area contributed by atoms with Crippen LogP contribution in [0.3, 0.4) is 0 Å². The van der Waals surface area contributed by atoms with Gasteiger partial charge in [-0.15, -0.1) is 0 Å². The molecule has 2 aromatic rings. The van der Waals surface area contributed by atoms with Gasteiger partial charge >= 0.3 is 0 Å². The van der Waals surface area contributed by atoms with Gasteiger partial charge in [0, 0.05) is 34.5 Å². The number of hydrogen-bond donors (Lipinski definition) is 2. The minimum absolute atomic E-state index is 0. The molecule has 0 radical (unpaired) electrons. The van der Waals surface area contributed by atoms with Crippen LogP contribution in [0.1, 0.15) is 0 Å². The molecule has 0 fully saturated rings. The maximum atomic E-state index is 5.63. The van der Waals surface area contributed by atoms with Gasteiger partial charge in [0.25, 0.3) is 0 Å². The summed E-state index contributed by atoms with van der Waals surface area (Å²) in [7, 11) is 0. The molecule has 2 rings (SSSR count). The van der Waals surface area contributed by atoms with E-state index in [9.17, 15) is 0 Å². The number of nitrogen functional groups attached to an aromatic ring is 1. The van der Waals surface area contributed by atoms with Gasteiger partial charge in [-0.3, -0.25) is 5.10 Å². The fraction of sp³-hybridized carbons (Fsp3) is 0. The van der Waals surface area contributed by atoms with Crippen molar-refractivity contribution in [3.63, 3.8) is 0 Å². The minimum atomic E-state index is 0. The summed E-state index contributed by atoms with van der Waals surface area (Å²) in [5.74, 6) is 0. The standard InChI is InChI=1S/C9H9N3.Fe/c10-9-3-1-2-7(4-9)8-5-11-12-6-8;/h1-6H,10H2,(H,11,12);. The summed E-state index contributed by atoms with van der Waals surface area (Å²) >= 11 is 0. The molecule has 13 heavy (non-hydrogen) atoms. The van der Waals surface area contributed by atoms with Crippen LogP contribution in [0.25, 0.3) is 11.1 Å². The zero-order chi connectivity index (χ0) is 8.39. The summed E-state index contributed by atoms with van der Waals surface area (Å²) < 4.78 is 0. The first kappa shape index (κ1) is 9.83. The Hall–Kier alpha value is -1.25. The third kappa shape index (κ3) is 2.11. The fourth-order valence-corrected chi connectivity index (χ4v) is 1.13. The molecule has 0 atom stereocenters. The number of hydrogen-bond acceptors (Lipinski definition) is 2. The number of nitrogens with one attached hydrogen (secondary N) is 1. The molecule has 0 unspecified atom stereocenters. The quantitative estimate of drug-likeness (QED) is 0.561. The maximum absolute atomic E-state index is 5.63. The van der Waals surface area contributed by atoms with Crippen molar-refractivity contribution in [2.45, 2.75) is 0 Å². The summed E-state index contributed by atoms with van der Waals surface area (Å²) in [6, 6.07) is 7.72. The van der Waals surface area contributed by atoms with Crippen molar-refractivity contribution in [1.29, 1.82) is 0 Å². The van der Waals surface area contributed by atoms with Crippen molar-refractivity contribution >= 4 is 5.69 Å². The van der Waals surface area contributed by atoms with Crippen LogP contribution >= 0.6 is 0 Å². The van der Waals surface area contributed by atoms with Crippen molar-refractivity contribution in [2.24, 2.45) is 0 Å². The zero-order valence-corrected chi connectivity index (χ0v) is 7.95. The molecule has 1 aromatic heterocycles. The number of rotatable bonds is 1. The predicted molar refractivity (Wildman–Crippen MR) is 48.4 cm³/mol. The Kier molecular flexibility index (Phi) is 3.12. The van der Waals surface area contributed by atoms with Gasteiger partial charge in [0.15, 0.2) is 0 Å². The summed E-state index contributed by atoms with van der Waals surface area (Å²) in [5, 5.41) is 6.62. The Bertz CT molecular complexity index is 370. The summed E-state index contributed by atoms with van der Waals surface area (Å²) in [4.78, 5) is 0. The maximum Gasteiger partial charge on any atom is 0.0565 e. The number of benzene rings is 1. The predicted octanol–water partition coefficient (Wildman–Crippen LogP) is 1.66. The van der Waals surface area contributed by atoms with Gasteiger partial charge in [-0.25, -0.2) is 0 Å². The SMILES string of the molecule is Nc1cccc(-c2cn[nH]c2)c1.[Fe]. The Labute approximate surface area is 86.8 Å². The van der Waals surface area contributed by atoms with Crippen molar-refractivity contribution in [3.05, 3.63) is 36.7 Å². The fourth-order valence-electron chi connectivity index (χ4n) is 1.13. The first-order chi connectivity index (χ1) is 5.86. The Morgan fingerprint density at radius 1 is 1.23 bits per heavy atom. The van der Waals surface area contributed by atoms with Crippen LogP contribution in [0.2, 0.25) is 0 Å². The first-order valence-electron chi connectivity index (χ1n) is 3.71. The second-order valence-corrected chi connectivity index (χ2v) is 2.61. The van der Waals surface area contributed by atoms with Crippen LogP contribution in [0, 0.1) is 0 Å². The molecular formula is C9H9FeN3. The number of nitrogens with two attached hydrogens (primary N) is 1. The Morgan fingerprint density at radius 3 is 2.69 bits per heavy atom. The van der Waals surface area contributed by atoms with Gasteiger partial charge < -0.3 is 5.73 Å². The molecule has 3 nitrogen and oxygen atoms in total. The van der Waals surface area contributed by atoms with E-state index >= 15 is 0 Å². The van der Waals surface area contributed by atoms with E-state index in [2.05, 4.69) is 10.2 Å². The monoisotopic (exact) mass is 215 g/mol. The minimum Gasteiger partial charge on any atom is -0.399 e. The normalized spacial score (nSPS) is 9.23. The number of anilines is 1. The largest absolute Gasteiger partial charge is 0.399 e. The number of nitrogens with zero attached hydrogens (tertiary/aromatic N) is 1. The average molecular weight is 215 g/mol. The first-order valence-corrected chi connectivity index (χ1v) is 3.71. The summed E-state index contributed by atoms with van der Waals surface area (Å²) in [5.41, 5.74) is 8.55. The molecule has 0 aliphatic heterocycles. The second-order valence-electron chi connectivity index (χ2n) is 2.61. The van der Waals surface area contributed by atoms with Crippen molar-refractivity contribution in [3.8, 4) is 11.1 Å². The van der Waals surface area contributed by atoms with E-state index < -0.39 is 0 Å². The molecular weight excluding hydrogens is 206 g/mol. The third-order valence-corrected chi connectivity index (χ3v) is 1.72. The van der Waals surface area contributed by atoms with Crippen LogP contribution in [0.15, 0.2) is 36.7 Å². The van der Waals surface area contributed by atoms with Gasteiger partial charge in [0.2, 0.25) is 0 Å². The molecule has 0 bridgehead atoms. The van der Waals surface area contributed by atoms with Crippen molar-refractivity contribution in [1.82, 2.24) is 10.2 Å². The molecule has 0 aliphatic rings.